The van der Waals surface area contributed by atoms with E-state index in [1.165, 1.54) is 0 Å². The Morgan fingerprint density at radius 3 is 2.47 bits per heavy atom. The number of imide groups is 1. The Morgan fingerprint density at radius 1 is 1.16 bits per heavy atom. The average molecular weight is 437 g/mol. The number of nitrogens with one attached hydrogen (secondary N) is 1. The van der Waals surface area contributed by atoms with Crippen molar-refractivity contribution in [3.05, 3.63) is 77.4 Å². The molecular formula is C25H28N2O5. The highest BCUT2D eigenvalue weighted by Gasteiger charge is 2.48. The molecule has 0 bridgehead atoms. The molecule has 168 valence electrons. The number of carbonyl (C=O) groups excluding carboxylic acids is 3. The Balaban J connectivity index is 1.76. The van der Waals surface area contributed by atoms with Crippen LogP contribution in [-0.4, -0.2) is 35.5 Å². The quantitative estimate of drug-likeness (QED) is 0.381. The van der Waals surface area contributed by atoms with E-state index >= 15 is 0 Å². The molecule has 3 rings (SSSR count). The third-order valence-electron chi connectivity index (χ3n) is 5.04. The van der Waals surface area contributed by atoms with Gasteiger partial charge in [0.2, 0.25) is 0 Å². The number of benzene rings is 2. The zero-order chi connectivity index (χ0) is 23.5. The summed E-state index contributed by atoms with van der Waals surface area (Å²) in [6.45, 7) is 11.3. The van der Waals surface area contributed by atoms with Crippen molar-refractivity contribution in [2.75, 3.05) is 6.61 Å². The largest absolute Gasteiger partial charge is 0.489 e. The molecule has 1 saturated heterocycles. The van der Waals surface area contributed by atoms with Gasteiger partial charge in [-0.15, -0.1) is 0 Å². The van der Waals surface area contributed by atoms with Gasteiger partial charge in [0.1, 0.15) is 17.9 Å². The molecule has 1 N–H and O–H groups in total. The molecule has 1 unspecified atom stereocenters. The SMILES string of the molecule is C=C(C)COc1ccc(C2(C)NC(=O)N(Cc3cccc(C(=O)OC(C)C)c3)C2=O)cc1. The highest BCUT2D eigenvalue weighted by atomic mass is 16.5. The number of esters is 1. The van der Waals surface area contributed by atoms with Crippen LogP contribution >= 0.6 is 0 Å². The first-order chi connectivity index (χ1) is 15.1. The van der Waals surface area contributed by atoms with Crippen LogP contribution < -0.4 is 10.1 Å². The highest BCUT2D eigenvalue weighted by Crippen LogP contribution is 2.31. The first-order valence-corrected chi connectivity index (χ1v) is 10.4. The van der Waals surface area contributed by atoms with Crippen LogP contribution in [0.2, 0.25) is 0 Å². The molecule has 0 saturated carbocycles. The lowest BCUT2D eigenvalue weighted by molar-refractivity contribution is -0.131. The Bertz CT molecular complexity index is 1040. The molecule has 1 aliphatic heterocycles. The zero-order valence-corrected chi connectivity index (χ0v) is 18.8. The van der Waals surface area contributed by atoms with Gasteiger partial charge in [-0.3, -0.25) is 9.69 Å². The summed E-state index contributed by atoms with van der Waals surface area (Å²) in [6, 6.07) is 13.3. The maximum atomic E-state index is 13.2. The zero-order valence-electron chi connectivity index (χ0n) is 18.8. The van der Waals surface area contributed by atoms with Gasteiger partial charge in [0.05, 0.1) is 18.2 Å². The third kappa shape index (κ3) is 4.99. The van der Waals surface area contributed by atoms with E-state index < -0.39 is 17.5 Å². The van der Waals surface area contributed by atoms with Gasteiger partial charge in [-0.1, -0.05) is 30.8 Å². The lowest BCUT2D eigenvalue weighted by Crippen LogP contribution is -2.40. The molecule has 0 aliphatic carbocycles. The van der Waals surface area contributed by atoms with Crippen LogP contribution in [0.1, 0.15) is 49.2 Å². The lowest BCUT2D eigenvalue weighted by atomic mass is 9.92. The molecule has 1 atom stereocenters. The summed E-state index contributed by atoms with van der Waals surface area (Å²) in [4.78, 5) is 39.2. The molecule has 1 heterocycles. The third-order valence-corrected chi connectivity index (χ3v) is 5.04. The fourth-order valence-electron chi connectivity index (χ4n) is 3.39. The minimum atomic E-state index is -1.20. The van der Waals surface area contributed by atoms with Crippen molar-refractivity contribution >= 4 is 17.9 Å². The van der Waals surface area contributed by atoms with Gasteiger partial charge < -0.3 is 14.8 Å². The topological polar surface area (TPSA) is 84.9 Å². The summed E-state index contributed by atoms with van der Waals surface area (Å²) in [5.74, 6) is -0.162. The Hall–Kier alpha value is -3.61. The van der Waals surface area contributed by atoms with Crippen molar-refractivity contribution in [2.45, 2.75) is 45.9 Å². The average Bonchev–Trinajstić information content (AvgIpc) is 2.96. The van der Waals surface area contributed by atoms with Crippen LogP contribution in [0, 0.1) is 0 Å². The number of amides is 3. The van der Waals surface area contributed by atoms with Gasteiger partial charge >= 0.3 is 12.0 Å². The summed E-state index contributed by atoms with van der Waals surface area (Å²) in [7, 11) is 0. The van der Waals surface area contributed by atoms with Crippen molar-refractivity contribution in [3.63, 3.8) is 0 Å². The number of carbonyl (C=O) groups is 3. The Morgan fingerprint density at radius 2 is 1.84 bits per heavy atom. The van der Waals surface area contributed by atoms with Crippen molar-refractivity contribution in [1.82, 2.24) is 10.2 Å². The molecule has 0 spiro atoms. The number of rotatable bonds is 8. The number of urea groups is 1. The van der Waals surface area contributed by atoms with Crippen LogP contribution in [0.3, 0.4) is 0 Å². The number of nitrogens with zero attached hydrogens (tertiary/aromatic N) is 1. The Labute approximate surface area is 188 Å². The minimum Gasteiger partial charge on any atom is -0.489 e. The van der Waals surface area contributed by atoms with Crippen LogP contribution in [0.15, 0.2) is 60.7 Å². The second-order valence-corrected chi connectivity index (χ2v) is 8.37. The maximum Gasteiger partial charge on any atom is 0.338 e. The summed E-state index contributed by atoms with van der Waals surface area (Å²) < 4.78 is 10.8. The van der Waals surface area contributed by atoms with Crippen LogP contribution in [0.25, 0.3) is 0 Å². The van der Waals surface area contributed by atoms with Crippen LogP contribution in [0.4, 0.5) is 4.79 Å². The van der Waals surface area contributed by atoms with Gasteiger partial charge in [0, 0.05) is 0 Å². The first-order valence-electron chi connectivity index (χ1n) is 10.4. The van der Waals surface area contributed by atoms with E-state index in [-0.39, 0.29) is 18.6 Å². The summed E-state index contributed by atoms with van der Waals surface area (Å²) in [6.07, 6.45) is -0.240. The molecule has 7 heteroatoms. The smallest absolute Gasteiger partial charge is 0.338 e. The van der Waals surface area contributed by atoms with Gasteiger partial charge in [-0.25, -0.2) is 9.59 Å². The molecule has 1 aliphatic rings. The lowest BCUT2D eigenvalue weighted by Gasteiger charge is -2.22. The van der Waals surface area contributed by atoms with Gasteiger partial charge in [-0.2, -0.15) is 0 Å². The fourth-order valence-corrected chi connectivity index (χ4v) is 3.39. The minimum absolute atomic E-state index is 0.0445. The molecule has 1 fully saturated rings. The standard InChI is InChI=1S/C25H28N2O5/c1-16(2)15-31-21-11-9-20(10-12-21)25(5)23(29)27(24(30)26-25)14-18-7-6-8-19(13-18)22(28)32-17(3)4/h6-13,17H,1,14-15H2,2-5H3,(H,26,30). The monoisotopic (exact) mass is 436 g/mol. The van der Waals surface area contributed by atoms with Crippen molar-refractivity contribution in [3.8, 4) is 5.75 Å². The number of ether oxygens (including phenoxy) is 2. The summed E-state index contributed by atoms with van der Waals surface area (Å²) in [5.41, 5.74) is 1.38. The fraction of sp³-hybridized carbons (Fsp3) is 0.320. The van der Waals surface area contributed by atoms with E-state index in [2.05, 4.69) is 11.9 Å². The second-order valence-electron chi connectivity index (χ2n) is 8.37. The van der Waals surface area contributed by atoms with Crippen LogP contribution in [0.5, 0.6) is 5.75 Å². The first kappa shape index (κ1) is 23.1. The van der Waals surface area contributed by atoms with E-state index in [1.54, 1.807) is 69.3 Å². The maximum absolute atomic E-state index is 13.2. The highest BCUT2D eigenvalue weighted by molar-refractivity contribution is 6.07. The molecule has 2 aromatic rings. The number of hydrogen-bond acceptors (Lipinski definition) is 5. The van der Waals surface area contributed by atoms with E-state index in [1.807, 2.05) is 6.92 Å². The Kier molecular flexibility index (Phi) is 6.67. The predicted octanol–water partition coefficient (Wildman–Crippen LogP) is 4.17. The summed E-state index contributed by atoms with van der Waals surface area (Å²) in [5, 5.41) is 2.79. The van der Waals surface area contributed by atoms with Gasteiger partial charge in [-0.05, 0) is 68.7 Å². The molecule has 0 radical (unpaired) electrons. The van der Waals surface area contributed by atoms with E-state index in [0.29, 0.717) is 29.0 Å². The molecule has 32 heavy (non-hydrogen) atoms. The molecule has 0 aromatic heterocycles. The summed E-state index contributed by atoms with van der Waals surface area (Å²) >= 11 is 0. The van der Waals surface area contributed by atoms with Crippen LogP contribution in [-0.2, 0) is 21.6 Å². The van der Waals surface area contributed by atoms with E-state index in [9.17, 15) is 14.4 Å². The second kappa shape index (κ2) is 9.26. The molecular weight excluding hydrogens is 408 g/mol. The molecule has 7 nitrogen and oxygen atoms in total. The van der Waals surface area contributed by atoms with Crippen molar-refractivity contribution in [1.29, 1.82) is 0 Å². The van der Waals surface area contributed by atoms with E-state index in [0.717, 1.165) is 10.5 Å². The van der Waals surface area contributed by atoms with Crippen molar-refractivity contribution < 1.29 is 23.9 Å². The normalized spacial score (nSPS) is 18.0. The van der Waals surface area contributed by atoms with E-state index in [4.69, 9.17) is 9.47 Å². The number of hydrogen-bond donors (Lipinski definition) is 1. The van der Waals surface area contributed by atoms with Gasteiger partial charge in [0.15, 0.2) is 0 Å². The van der Waals surface area contributed by atoms with Gasteiger partial charge in [0.25, 0.3) is 5.91 Å². The predicted molar refractivity (Wildman–Crippen MR) is 120 cm³/mol. The van der Waals surface area contributed by atoms with Crippen molar-refractivity contribution in [2.24, 2.45) is 0 Å². The molecule has 2 aromatic carbocycles. The molecule has 3 amide bonds.